The first-order chi connectivity index (χ1) is 14.7. The molecule has 186 valence electrons. The third kappa shape index (κ3) is 9.85. The lowest BCUT2D eigenvalue weighted by atomic mass is 10.0. The van der Waals surface area contributed by atoms with Gasteiger partial charge in [-0.25, -0.2) is 9.36 Å². The smallest absolute Gasteiger partial charge is 0.457 e. The Labute approximate surface area is 180 Å². The molecule has 17 heteroatoms. The minimum atomic E-state index is -5.33. The monoisotopic (exact) mass is 492 g/mol. The second-order valence-corrected chi connectivity index (χ2v) is 7.71. The van der Waals surface area contributed by atoms with E-state index in [1.165, 1.54) is 0 Å². The van der Waals surface area contributed by atoms with Crippen molar-refractivity contribution in [3.63, 3.8) is 0 Å². The number of hydrogen-bond acceptors (Lipinski definition) is 15. The van der Waals surface area contributed by atoms with E-state index in [0.29, 0.717) is 0 Å². The highest BCUT2D eigenvalue weighted by atomic mass is 31.2. The molecular formula is C15H25O16P. The van der Waals surface area contributed by atoms with E-state index in [2.05, 4.69) is 13.8 Å². The van der Waals surface area contributed by atoms with Crippen molar-refractivity contribution in [1.29, 1.82) is 0 Å². The molecule has 8 atom stereocenters. The van der Waals surface area contributed by atoms with Crippen molar-refractivity contribution in [1.82, 2.24) is 0 Å². The van der Waals surface area contributed by atoms with E-state index < -0.39 is 87.9 Å². The highest BCUT2D eigenvalue weighted by Gasteiger charge is 2.39. The number of esters is 1. The Kier molecular flexibility index (Phi) is 13.0. The Morgan fingerprint density at radius 2 is 1.53 bits per heavy atom. The first kappa shape index (κ1) is 30.3. The van der Waals surface area contributed by atoms with Crippen LogP contribution in [0.25, 0.3) is 0 Å². The van der Waals surface area contributed by atoms with Crippen LogP contribution in [0.1, 0.15) is 6.92 Å². The average molecular weight is 492 g/mol. The molecule has 1 unspecified atom stereocenters. The molecule has 0 fully saturated rings. The van der Waals surface area contributed by atoms with Crippen molar-refractivity contribution in [3.05, 3.63) is 0 Å². The fourth-order valence-electron chi connectivity index (χ4n) is 1.87. The maximum absolute atomic E-state index is 11.9. The van der Waals surface area contributed by atoms with Crippen LogP contribution in [-0.4, -0.2) is 127 Å². The van der Waals surface area contributed by atoms with E-state index in [0.717, 1.165) is 6.92 Å². The van der Waals surface area contributed by atoms with Gasteiger partial charge in [0.05, 0.1) is 6.61 Å². The fourth-order valence-corrected chi connectivity index (χ4v) is 2.71. The molecule has 0 saturated heterocycles. The summed E-state index contributed by atoms with van der Waals surface area (Å²) in [7, 11) is -5.33. The summed E-state index contributed by atoms with van der Waals surface area (Å²) in [6.07, 6.45) is -15.7. The third-order valence-electron chi connectivity index (χ3n) is 3.75. The lowest BCUT2D eigenvalue weighted by molar-refractivity contribution is -0.161. The summed E-state index contributed by atoms with van der Waals surface area (Å²) in [5, 5.41) is 65.9. The first-order valence-corrected chi connectivity index (χ1v) is 10.2. The molecule has 0 radical (unpaired) electrons. The Bertz CT molecular complexity index is 697. The van der Waals surface area contributed by atoms with Crippen LogP contribution in [0.3, 0.4) is 0 Å². The molecular weight excluding hydrogens is 467 g/mol. The summed E-state index contributed by atoms with van der Waals surface area (Å²) >= 11 is 0. The van der Waals surface area contributed by atoms with Gasteiger partial charge in [0, 0.05) is 6.92 Å². The summed E-state index contributed by atoms with van der Waals surface area (Å²) in [6, 6.07) is 0. The zero-order valence-electron chi connectivity index (χ0n) is 16.5. The fraction of sp³-hybridized carbons (Fsp3) is 0.733. The average Bonchev–Trinajstić information content (AvgIpc) is 2.76. The van der Waals surface area contributed by atoms with Crippen LogP contribution in [0, 0.1) is 0 Å². The van der Waals surface area contributed by atoms with Gasteiger partial charge in [-0.2, -0.15) is 0 Å². The Morgan fingerprint density at radius 3 is 2.00 bits per heavy atom. The molecule has 0 bridgehead atoms. The van der Waals surface area contributed by atoms with Crippen LogP contribution in [0.15, 0.2) is 0 Å². The quantitative estimate of drug-likeness (QED) is 0.0432. The maximum atomic E-state index is 11.9. The molecule has 32 heavy (non-hydrogen) atoms. The minimum absolute atomic E-state index is 0.271. The van der Waals surface area contributed by atoms with Crippen LogP contribution < -0.4 is 0 Å². The number of aliphatic hydroxyl groups is 7. The Hall–Kier alpha value is -1.69. The van der Waals surface area contributed by atoms with E-state index in [-0.39, 0.29) is 6.29 Å². The van der Waals surface area contributed by atoms with Gasteiger partial charge in [-0.3, -0.25) is 18.6 Å². The maximum Gasteiger partial charge on any atom is 0.473 e. The van der Waals surface area contributed by atoms with Crippen LogP contribution in [-0.2, 0) is 37.5 Å². The predicted molar refractivity (Wildman–Crippen MR) is 96.5 cm³/mol. The van der Waals surface area contributed by atoms with Crippen molar-refractivity contribution in [2.75, 3.05) is 19.8 Å². The lowest BCUT2D eigenvalue weighted by Gasteiger charge is -2.27. The number of ether oxygens (including phenoxy) is 1. The standard InChI is InChI=1S/C15H25O16P/c1-6(18)15(26)29-4-8(20)13(24)14(25)10(3-17)31-32(27,28)30-5-9(21)12(23)11(22)7(19)2-16/h3,7-8,10-14,16,19-20,22-25H,2,4-5H2,1H3,(H,27,28)/t7-,8+,10-,11+,12+,13+,14+/m0/s1. The molecule has 0 aliphatic rings. The molecule has 0 aromatic rings. The van der Waals surface area contributed by atoms with Crippen LogP contribution in [0.2, 0.25) is 0 Å². The van der Waals surface area contributed by atoms with Crippen molar-refractivity contribution in [2.24, 2.45) is 0 Å². The topological polar surface area (TPSA) is 275 Å². The van der Waals surface area contributed by atoms with Gasteiger partial charge in [-0.05, 0) is 0 Å². The van der Waals surface area contributed by atoms with E-state index in [9.17, 15) is 54.2 Å². The van der Waals surface area contributed by atoms with Gasteiger partial charge in [-0.1, -0.05) is 0 Å². The largest absolute Gasteiger partial charge is 0.473 e. The summed E-state index contributed by atoms with van der Waals surface area (Å²) in [4.78, 5) is 54.0. The van der Waals surface area contributed by atoms with Crippen molar-refractivity contribution >= 4 is 31.6 Å². The molecule has 0 aliphatic carbocycles. The van der Waals surface area contributed by atoms with E-state index in [4.69, 9.17) is 10.2 Å². The summed E-state index contributed by atoms with van der Waals surface area (Å²) < 4.78 is 24.7. The van der Waals surface area contributed by atoms with Crippen LogP contribution >= 0.6 is 7.82 Å². The second-order valence-electron chi connectivity index (χ2n) is 6.30. The minimum Gasteiger partial charge on any atom is -0.457 e. The van der Waals surface area contributed by atoms with E-state index >= 15 is 0 Å². The van der Waals surface area contributed by atoms with Crippen LogP contribution in [0.5, 0.6) is 0 Å². The van der Waals surface area contributed by atoms with Crippen LogP contribution in [0.4, 0.5) is 0 Å². The second kappa shape index (κ2) is 13.8. The van der Waals surface area contributed by atoms with Crippen molar-refractivity contribution in [3.8, 4) is 0 Å². The first-order valence-electron chi connectivity index (χ1n) is 8.69. The van der Waals surface area contributed by atoms with Gasteiger partial charge in [-0.15, -0.1) is 0 Å². The number of Topliss-reactive ketones (excluding diaryl/α,β-unsaturated/α-hetero) is 2. The molecule has 8 N–H and O–H groups in total. The summed E-state index contributed by atoms with van der Waals surface area (Å²) in [6.45, 7) is -2.55. The molecule has 0 amide bonds. The Balaban J connectivity index is 4.92. The molecule has 16 nitrogen and oxygen atoms in total. The number of aliphatic hydroxyl groups excluding tert-OH is 7. The van der Waals surface area contributed by atoms with Gasteiger partial charge in [0.1, 0.15) is 49.8 Å². The molecule has 0 rings (SSSR count). The third-order valence-corrected chi connectivity index (χ3v) is 4.71. The lowest BCUT2D eigenvalue weighted by Crippen LogP contribution is -2.48. The molecule has 0 aliphatic heterocycles. The van der Waals surface area contributed by atoms with Gasteiger partial charge in [0.25, 0.3) is 0 Å². The van der Waals surface area contributed by atoms with E-state index in [1.54, 1.807) is 0 Å². The molecule has 0 aromatic carbocycles. The SMILES string of the molecule is CC(=O)C(=O)OC[C@@H](O)[C@@H](O)[C@H](O)[C@H](C=O)OP(=O)(O)OCC(=O)[C@@H](O)[C@H](O)[C@@H](O)CO. The molecule has 0 heterocycles. The van der Waals surface area contributed by atoms with E-state index in [1.807, 2.05) is 0 Å². The number of aldehydes is 1. The van der Waals surface area contributed by atoms with Crippen molar-refractivity contribution < 1.29 is 78.2 Å². The van der Waals surface area contributed by atoms with Gasteiger partial charge in [0.15, 0.2) is 18.2 Å². The zero-order valence-corrected chi connectivity index (χ0v) is 17.4. The van der Waals surface area contributed by atoms with Crippen molar-refractivity contribution in [2.45, 2.75) is 49.7 Å². The number of phosphoric ester groups is 1. The number of rotatable bonds is 16. The van der Waals surface area contributed by atoms with Gasteiger partial charge >= 0.3 is 13.8 Å². The molecule has 0 spiro atoms. The number of phosphoric acid groups is 1. The molecule has 0 aromatic heterocycles. The van der Waals surface area contributed by atoms with Gasteiger partial charge in [0.2, 0.25) is 5.78 Å². The number of hydrogen-bond donors (Lipinski definition) is 8. The summed E-state index contributed by atoms with van der Waals surface area (Å²) in [5.41, 5.74) is 0. The van der Waals surface area contributed by atoms with Gasteiger partial charge < -0.3 is 50.2 Å². The normalized spacial score (nSPS) is 20.0. The Morgan fingerprint density at radius 1 is 0.969 bits per heavy atom. The number of ketones is 2. The number of carbonyl (C=O) groups is 4. The predicted octanol–water partition coefficient (Wildman–Crippen LogP) is -5.45. The number of carbonyl (C=O) groups excluding carboxylic acids is 4. The zero-order chi connectivity index (χ0) is 25.2. The summed E-state index contributed by atoms with van der Waals surface area (Å²) in [5.74, 6) is -3.84. The highest BCUT2D eigenvalue weighted by Crippen LogP contribution is 2.45. The molecule has 0 saturated carbocycles. The highest BCUT2D eigenvalue weighted by molar-refractivity contribution is 7.47.